The molecule has 5 nitrogen and oxygen atoms in total. The number of aliphatic carboxylic acids is 1. The maximum Gasteiger partial charge on any atom is 0.317 e. The minimum Gasteiger partial charge on any atom is -0.492 e. The van der Waals surface area contributed by atoms with Crippen molar-refractivity contribution in [2.24, 2.45) is 5.92 Å². The van der Waals surface area contributed by atoms with Gasteiger partial charge < -0.3 is 9.84 Å². The Balaban J connectivity index is 2.42. The van der Waals surface area contributed by atoms with E-state index < -0.39 is 5.97 Å². The Morgan fingerprint density at radius 3 is 2.55 bits per heavy atom. The van der Waals surface area contributed by atoms with E-state index in [0.29, 0.717) is 30.4 Å². The summed E-state index contributed by atoms with van der Waals surface area (Å²) in [5.74, 6) is 0.261. The average molecular weight is 276 g/mol. The summed E-state index contributed by atoms with van der Waals surface area (Å²) >= 11 is 0. The van der Waals surface area contributed by atoms with Crippen LogP contribution in [-0.2, 0) is 4.79 Å². The number of hydrogen-bond acceptors (Lipinski definition) is 4. The smallest absolute Gasteiger partial charge is 0.317 e. The Bertz CT molecular complexity index is 463. The number of ether oxygens (including phenoxy) is 1. The number of nitriles is 1. The monoisotopic (exact) mass is 276 g/mol. The third-order valence-corrected chi connectivity index (χ3v) is 2.64. The van der Waals surface area contributed by atoms with Crippen molar-refractivity contribution in [1.82, 2.24) is 4.90 Å². The minimum absolute atomic E-state index is 0.0227. The summed E-state index contributed by atoms with van der Waals surface area (Å²) in [5.41, 5.74) is 0.588. The van der Waals surface area contributed by atoms with Gasteiger partial charge in [-0.05, 0) is 30.2 Å². The topological polar surface area (TPSA) is 73.6 Å². The van der Waals surface area contributed by atoms with Gasteiger partial charge >= 0.3 is 5.97 Å². The summed E-state index contributed by atoms with van der Waals surface area (Å²) in [4.78, 5) is 12.6. The van der Waals surface area contributed by atoms with Gasteiger partial charge in [0.1, 0.15) is 12.4 Å². The van der Waals surface area contributed by atoms with E-state index in [-0.39, 0.29) is 6.54 Å². The summed E-state index contributed by atoms with van der Waals surface area (Å²) in [6.45, 7) is 5.83. The molecule has 0 aromatic heterocycles. The fourth-order valence-corrected chi connectivity index (χ4v) is 1.86. The maximum atomic E-state index is 10.8. The minimum atomic E-state index is -0.830. The Hall–Kier alpha value is -2.06. The van der Waals surface area contributed by atoms with Crippen LogP contribution < -0.4 is 4.74 Å². The molecule has 0 fully saturated rings. The van der Waals surface area contributed by atoms with Gasteiger partial charge in [-0.3, -0.25) is 9.69 Å². The van der Waals surface area contributed by atoms with E-state index in [2.05, 4.69) is 13.8 Å². The van der Waals surface area contributed by atoms with Gasteiger partial charge in [0.2, 0.25) is 0 Å². The first kappa shape index (κ1) is 16.0. The van der Waals surface area contributed by atoms with E-state index in [1.54, 1.807) is 24.3 Å². The van der Waals surface area contributed by atoms with Gasteiger partial charge in [-0.25, -0.2) is 0 Å². The predicted molar refractivity (Wildman–Crippen MR) is 75.6 cm³/mol. The van der Waals surface area contributed by atoms with Crippen molar-refractivity contribution in [2.45, 2.75) is 13.8 Å². The van der Waals surface area contributed by atoms with E-state index >= 15 is 0 Å². The van der Waals surface area contributed by atoms with Crippen LogP contribution >= 0.6 is 0 Å². The average Bonchev–Trinajstić information content (AvgIpc) is 2.38. The fourth-order valence-electron chi connectivity index (χ4n) is 1.86. The lowest BCUT2D eigenvalue weighted by Crippen LogP contribution is -2.36. The molecule has 5 heteroatoms. The maximum absolute atomic E-state index is 10.8. The van der Waals surface area contributed by atoms with E-state index in [1.165, 1.54) is 0 Å². The SMILES string of the molecule is CC(C)CN(CCOc1ccc(C#N)cc1)CC(=O)O. The number of benzene rings is 1. The van der Waals surface area contributed by atoms with Crippen molar-refractivity contribution in [3.63, 3.8) is 0 Å². The van der Waals surface area contributed by atoms with E-state index in [4.69, 9.17) is 15.1 Å². The molecule has 0 atom stereocenters. The number of hydrogen-bond donors (Lipinski definition) is 1. The second-order valence-electron chi connectivity index (χ2n) is 5.01. The summed E-state index contributed by atoms with van der Waals surface area (Å²) in [7, 11) is 0. The van der Waals surface area contributed by atoms with Gasteiger partial charge in [0.15, 0.2) is 0 Å². The quantitative estimate of drug-likeness (QED) is 0.786. The molecule has 0 aliphatic rings. The fraction of sp³-hybridized carbons (Fsp3) is 0.467. The zero-order valence-corrected chi connectivity index (χ0v) is 11.9. The second kappa shape index (κ2) is 8.18. The highest BCUT2D eigenvalue weighted by molar-refractivity contribution is 5.69. The number of carboxylic acids is 1. The normalized spacial score (nSPS) is 10.6. The summed E-state index contributed by atoms with van der Waals surface area (Å²) in [5, 5.41) is 17.5. The van der Waals surface area contributed by atoms with Gasteiger partial charge in [-0.15, -0.1) is 0 Å². The predicted octanol–water partition coefficient (Wildman–Crippen LogP) is 1.98. The summed E-state index contributed by atoms with van der Waals surface area (Å²) < 4.78 is 5.56. The molecular formula is C15H20N2O3. The lowest BCUT2D eigenvalue weighted by molar-refractivity contribution is -0.138. The number of nitrogens with zero attached hydrogens (tertiary/aromatic N) is 2. The highest BCUT2D eigenvalue weighted by Crippen LogP contribution is 2.11. The molecule has 0 radical (unpaired) electrons. The van der Waals surface area contributed by atoms with Gasteiger partial charge in [0.05, 0.1) is 18.2 Å². The molecule has 0 amide bonds. The van der Waals surface area contributed by atoms with Crippen molar-refractivity contribution in [3.8, 4) is 11.8 Å². The van der Waals surface area contributed by atoms with E-state index in [0.717, 1.165) is 6.54 Å². The Morgan fingerprint density at radius 1 is 1.40 bits per heavy atom. The summed E-state index contributed by atoms with van der Waals surface area (Å²) in [6, 6.07) is 8.91. The van der Waals surface area contributed by atoms with Crippen LogP contribution in [0.3, 0.4) is 0 Å². The first-order valence-corrected chi connectivity index (χ1v) is 6.58. The molecule has 1 aromatic rings. The molecule has 0 heterocycles. The van der Waals surface area contributed by atoms with Crippen LogP contribution in [0.2, 0.25) is 0 Å². The third-order valence-electron chi connectivity index (χ3n) is 2.64. The van der Waals surface area contributed by atoms with Gasteiger partial charge in [-0.1, -0.05) is 13.8 Å². The Kier molecular flexibility index (Phi) is 6.54. The molecule has 20 heavy (non-hydrogen) atoms. The van der Waals surface area contributed by atoms with Crippen molar-refractivity contribution in [2.75, 3.05) is 26.2 Å². The zero-order chi connectivity index (χ0) is 15.0. The van der Waals surface area contributed by atoms with Crippen molar-refractivity contribution < 1.29 is 14.6 Å². The molecule has 1 aromatic carbocycles. The summed E-state index contributed by atoms with van der Waals surface area (Å²) in [6.07, 6.45) is 0. The molecule has 0 spiro atoms. The molecule has 0 saturated carbocycles. The number of carbonyl (C=O) groups is 1. The first-order chi connectivity index (χ1) is 9.51. The Morgan fingerprint density at radius 2 is 2.05 bits per heavy atom. The molecule has 0 aliphatic heterocycles. The molecule has 0 bridgehead atoms. The van der Waals surface area contributed by atoms with Gasteiger partial charge in [0, 0.05) is 13.1 Å². The van der Waals surface area contributed by atoms with Crippen LogP contribution in [0, 0.1) is 17.2 Å². The van der Waals surface area contributed by atoms with Crippen molar-refractivity contribution in [3.05, 3.63) is 29.8 Å². The third kappa shape index (κ3) is 6.21. The van der Waals surface area contributed by atoms with Crippen LogP contribution in [0.1, 0.15) is 19.4 Å². The number of rotatable bonds is 8. The van der Waals surface area contributed by atoms with Crippen LogP contribution in [0.15, 0.2) is 24.3 Å². The van der Waals surface area contributed by atoms with Crippen LogP contribution in [0.5, 0.6) is 5.75 Å². The first-order valence-electron chi connectivity index (χ1n) is 6.58. The van der Waals surface area contributed by atoms with Gasteiger partial charge in [-0.2, -0.15) is 5.26 Å². The van der Waals surface area contributed by atoms with Crippen molar-refractivity contribution >= 4 is 5.97 Å². The highest BCUT2D eigenvalue weighted by Gasteiger charge is 2.11. The van der Waals surface area contributed by atoms with Gasteiger partial charge in [0.25, 0.3) is 0 Å². The molecule has 0 aliphatic carbocycles. The van der Waals surface area contributed by atoms with Crippen LogP contribution in [0.4, 0.5) is 0 Å². The lowest BCUT2D eigenvalue weighted by Gasteiger charge is -2.22. The largest absolute Gasteiger partial charge is 0.492 e. The second-order valence-corrected chi connectivity index (χ2v) is 5.01. The zero-order valence-electron chi connectivity index (χ0n) is 11.9. The van der Waals surface area contributed by atoms with Crippen LogP contribution in [-0.4, -0.2) is 42.2 Å². The molecule has 108 valence electrons. The lowest BCUT2D eigenvalue weighted by atomic mass is 10.2. The molecule has 0 saturated heterocycles. The highest BCUT2D eigenvalue weighted by atomic mass is 16.5. The standard InChI is InChI=1S/C15H20N2O3/c1-12(2)10-17(11-15(18)19)7-8-20-14-5-3-13(9-16)4-6-14/h3-6,12H,7-8,10-11H2,1-2H3,(H,18,19). The Labute approximate surface area is 119 Å². The molecule has 0 unspecified atom stereocenters. The van der Waals surface area contributed by atoms with Crippen LogP contribution in [0.25, 0.3) is 0 Å². The number of carboxylic acid groups (broad SMARTS) is 1. The van der Waals surface area contributed by atoms with E-state index in [9.17, 15) is 4.79 Å². The van der Waals surface area contributed by atoms with E-state index in [1.807, 2.05) is 11.0 Å². The molecular weight excluding hydrogens is 256 g/mol. The van der Waals surface area contributed by atoms with Crippen molar-refractivity contribution in [1.29, 1.82) is 5.26 Å². The molecule has 1 N–H and O–H groups in total. The molecule has 1 rings (SSSR count).